The van der Waals surface area contributed by atoms with Gasteiger partial charge in [-0.25, -0.2) is 0 Å². The Kier molecular flexibility index (Phi) is 10.6. The van der Waals surface area contributed by atoms with E-state index >= 15 is 0 Å². The van der Waals surface area contributed by atoms with Crippen LogP contribution in [-0.4, -0.2) is 24.8 Å². The molecule has 0 aliphatic heterocycles. The number of rotatable bonds is 11. The van der Waals surface area contributed by atoms with Gasteiger partial charge in [0.1, 0.15) is 41.3 Å². The highest BCUT2D eigenvalue weighted by atomic mass is 127. The highest BCUT2D eigenvalue weighted by Gasteiger charge is 2.45. The Bertz CT molecular complexity index is 1330. The van der Waals surface area contributed by atoms with E-state index in [0.29, 0.717) is 6.61 Å². The van der Waals surface area contributed by atoms with Crippen molar-refractivity contribution >= 4 is 28.9 Å². The van der Waals surface area contributed by atoms with Crippen LogP contribution in [0.1, 0.15) is 12.5 Å². The molecule has 5 aromatic carbocycles. The van der Waals surface area contributed by atoms with Gasteiger partial charge in [0, 0.05) is 12.2 Å². The number of phenolic OH excluding ortho intramolecular Hbond substituents is 1. The second-order valence-electron chi connectivity index (χ2n) is 9.56. The molecule has 0 aliphatic carbocycles. The first-order valence-electron chi connectivity index (χ1n) is 13.5. The molecule has 1 N–H and O–H groups in total. The average Bonchev–Trinajstić information content (AvgIpc) is 3.01. The van der Waals surface area contributed by atoms with Crippen LogP contribution in [-0.2, 0) is 6.16 Å². The molecule has 0 bridgehead atoms. The zero-order valence-electron chi connectivity index (χ0n) is 22.7. The van der Waals surface area contributed by atoms with Crippen molar-refractivity contribution in [1.29, 1.82) is 0 Å². The lowest BCUT2D eigenvalue weighted by Gasteiger charge is -2.28. The van der Waals surface area contributed by atoms with Gasteiger partial charge in [-0.1, -0.05) is 66.7 Å². The van der Waals surface area contributed by atoms with Gasteiger partial charge in [0.25, 0.3) is 0 Å². The standard InChI is InChI=1S/C35H34NO2P.HI/c1-2-36(26-27-38-32-24-22-31(37)23-25-32)30-20-18-29(19-21-30)28-39(33-12-6-3-7-13-33,34-14-8-4-9-15-34)35-16-10-5-11-17-35;/h3-25H,2,26-28H2,1H3;1H. The predicted molar refractivity (Wildman–Crippen MR) is 167 cm³/mol. The maximum atomic E-state index is 9.48. The number of hydrogen-bond donors (Lipinski definition) is 1. The molecule has 0 fully saturated rings. The van der Waals surface area contributed by atoms with Gasteiger partial charge in [-0.15, -0.1) is 0 Å². The van der Waals surface area contributed by atoms with E-state index < -0.39 is 7.26 Å². The number of ether oxygens (including phenoxy) is 1. The van der Waals surface area contributed by atoms with E-state index in [9.17, 15) is 5.11 Å². The van der Waals surface area contributed by atoms with E-state index in [1.165, 1.54) is 27.2 Å². The number of nitrogens with zero attached hydrogens (tertiary/aromatic N) is 1. The van der Waals surface area contributed by atoms with Crippen LogP contribution >= 0.6 is 7.26 Å². The molecule has 0 amide bonds. The van der Waals surface area contributed by atoms with Crippen molar-refractivity contribution in [3.05, 3.63) is 145 Å². The molecule has 0 aromatic heterocycles. The van der Waals surface area contributed by atoms with E-state index in [4.69, 9.17) is 4.74 Å². The number of aromatic hydroxyl groups is 1. The first kappa shape index (κ1) is 29.6. The van der Waals surface area contributed by atoms with Gasteiger partial charge < -0.3 is 38.7 Å². The second kappa shape index (κ2) is 14.3. The predicted octanol–water partition coefficient (Wildman–Crippen LogP) is 3.80. The summed E-state index contributed by atoms with van der Waals surface area (Å²) in [7, 11) is -1.93. The summed E-state index contributed by atoms with van der Waals surface area (Å²) >= 11 is 0. The van der Waals surface area contributed by atoms with E-state index in [1.807, 2.05) is 0 Å². The van der Waals surface area contributed by atoms with Crippen LogP contribution in [0.4, 0.5) is 5.69 Å². The third kappa shape index (κ3) is 6.86. The van der Waals surface area contributed by atoms with Gasteiger partial charge in [0.2, 0.25) is 0 Å². The topological polar surface area (TPSA) is 32.7 Å². The van der Waals surface area contributed by atoms with Gasteiger partial charge in [-0.2, -0.15) is 0 Å². The van der Waals surface area contributed by atoms with Crippen molar-refractivity contribution in [2.45, 2.75) is 13.1 Å². The summed E-state index contributed by atoms with van der Waals surface area (Å²) in [5, 5.41) is 13.7. The molecule has 40 heavy (non-hydrogen) atoms. The summed E-state index contributed by atoms with van der Waals surface area (Å²) in [5.41, 5.74) is 2.53. The van der Waals surface area contributed by atoms with Crippen molar-refractivity contribution in [2.75, 3.05) is 24.6 Å². The molecule has 3 nitrogen and oxygen atoms in total. The van der Waals surface area contributed by atoms with Gasteiger partial charge in [0.15, 0.2) is 0 Å². The van der Waals surface area contributed by atoms with Crippen LogP contribution in [0.25, 0.3) is 0 Å². The Hall–Kier alpha value is -3.34. The van der Waals surface area contributed by atoms with Crippen LogP contribution in [0.5, 0.6) is 11.5 Å². The van der Waals surface area contributed by atoms with E-state index in [2.05, 4.69) is 127 Å². The van der Waals surface area contributed by atoms with Crippen LogP contribution in [0.2, 0.25) is 0 Å². The molecule has 0 aliphatic rings. The number of hydrogen-bond acceptors (Lipinski definition) is 3. The molecule has 5 aromatic rings. The van der Waals surface area contributed by atoms with Gasteiger partial charge >= 0.3 is 0 Å². The highest BCUT2D eigenvalue weighted by Crippen LogP contribution is 2.58. The minimum absolute atomic E-state index is 0. The van der Waals surface area contributed by atoms with E-state index in [-0.39, 0.29) is 29.7 Å². The fourth-order valence-electron chi connectivity index (χ4n) is 5.14. The quantitative estimate of drug-likeness (QED) is 0.173. The fourth-order valence-corrected chi connectivity index (χ4v) is 9.38. The van der Waals surface area contributed by atoms with Crippen molar-refractivity contribution in [1.82, 2.24) is 0 Å². The van der Waals surface area contributed by atoms with Gasteiger partial charge in [-0.3, -0.25) is 0 Å². The first-order valence-corrected chi connectivity index (χ1v) is 15.5. The number of halogens is 1. The van der Waals surface area contributed by atoms with Crippen LogP contribution in [0.3, 0.4) is 0 Å². The summed E-state index contributed by atoms with van der Waals surface area (Å²) in [4.78, 5) is 2.33. The molecule has 0 unspecified atom stereocenters. The third-order valence-corrected chi connectivity index (χ3v) is 11.5. The van der Waals surface area contributed by atoms with Crippen LogP contribution in [0, 0.1) is 0 Å². The van der Waals surface area contributed by atoms with E-state index in [1.54, 1.807) is 24.3 Å². The Morgan fingerprint density at radius 1 is 0.625 bits per heavy atom. The lowest BCUT2D eigenvalue weighted by atomic mass is 10.2. The Labute approximate surface area is 255 Å². The maximum Gasteiger partial charge on any atom is 0.119 e. The summed E-state index contributed by atoms with van der Waals surface area (Å²) in [5.74, 6) is 1.01. The molecule has 0 radical (unpaired) electrons. The zero-order chi connectivity index (χ0) is 26.9. The minimum Gasteiger partial charge on any atom is -1.00 e. The molecule has 0 spiro atoms. The monoisotopic (exact) mass is 659 g/mol. The number of anilines is 1. The first-order chi connectivity index (χ1) is 19.2. The van der Waals surface area contributed by atoms with Gasteiger partial charge in [-0.05, 0) is 85.3 Å². The lowest BCUT2D eigenvalue weighted by Crippen LogP contribution is -3.00. The van der Waals surface area contributed by atoms with Gasteiger partial charge in [0.05, 0.1) is 12.7 Å². The third-order valence-electron chi connectivity index (χ3n) is 7.16. The SMILES string of the molecule is CCN(CCOc1ccc(O)cc1)c1ccc(C[P+](c2ccccc2)(c2ccccc2)c2ccccc2)cc1.[I-]. The van der Waals surface area contributed by atoms with Crippen LogP contribution < -0.4 is 49.5 Å². The Morgan fingerprint density at radius 2 is 1.10 bits per heavy atom. The fraction of sp³-hybridized carbons (Fsp3) is 0.143. The van der Waals surface area contributed by atoms with Crippen molar-refractivity contribution in [3.63, 3.8) is 0 Å². The Balaban J connectivity index is 0.00000370. The summed E-state index contributed by atoms with van der Waals surface area (Å²) in [6.45, 7) is 4.43. The molecule has 0 saturated carbocycles. The molecule has 5 rings (SSSR count). The van der Waals surface area contributed by atoms with Crippen LogP contribution in [0.15, 0.2) is 140 Å². The molecular formula is C35H35INO2P. The van der Waals surface area contributed by atoms with Crippen molar-refractivity contribution in [2.24, 2.45) is 0 Å². The molecule has 0 heterocycles. The van der Waals surface area contributed by atoms with Crippen molar-refractivity contribution < 1.29 is 33.8 Å². The molecular weight excluding hydrogens is 624 g/mol. The van der Waals surface area contributed by atoms with Crippen molar-refractivity contribution in [3.8, 4) is 11.5 Å². The normalized spacial score (nSPS) is 10.9. The smallest absolute Gasteiger partial charge is 0.119 e. The average molecular weight is 660 g/mol. The molecule has 204 valence electrons. The molecule has 5 heteroatoms. The second-order valence-corrected chi connectivity index (χ2v) is 13.0. The Morgan fingerprint density at radius 3 is 1.55 bits per heavy atom. The highest BCUT2D eigenvalue weighted by molar-refractivity contribution is 7.95. The molecule has 0 saturated heterocycles. The number of likely N-dealkylation sites (N-methyl/N-ethyl adjacent to an activating group) is 1. The summed E-state index contributed by atoms with van der Waals surface area (Å²) in [6, 6.07) is 49.1. The lowest BCUT2D eigenvalue weighted by molar-refractivity contribution is -0.00000914. The number of benzene rings is 5. The summed E-state index contributed by atoms with van der Waals surface area (Å²) < 4.78 is 5.90. The maximum absolute atomic E-state index is 9.48. The number of phenols is 1. The van der Waals surface area contributed by atoms with E-state index in [0.717, 1.165) is 25.0 Å². The minimum atomic E-state index is -1.93. The molecule has 0 atom stereocenters. The largest absolute Gasteiger partial charge is 1.00 e. The zero-order valence-corrected chi connectivity index (χ0v) is 25.8. The summed E-state index contributed by atoms with van der Waals surface area (Å²) in [6.07, 6.45) is 0.960.